The van der Waals surface area contributed by atoms with Crippen molar-refractivity contribution in [1.82, 2.24) is 4.90 Å². The molecule has 0 saturated carbocycles. The van der Waals surface area contributed by atoms with Gasteiger partial charge in [0.1, 0.15) is 0 Å². The van der Waals surface area contributed by atoms with Gasteiger partial charge >= 0.3 is 0 Å². The van der Waals surface area contributed by atoms with Gasteiger partial charge < -0.3 is 15.4 Å². The van der Waals surface area contributed by atoms with E-state index in [9.17, 15) is 4.79 Å². The molecule has 4 nitrogen and oxygen atoms in total. The Bertz CT molecular complexity index is 231. The van der Waals surface area contributed by atoms with Gasteiger partial charge in [0, 0.05) is 19.6 Å². The van der Waals surface area contributed by atoms with Crippen molar-refractivity contribution in [3.8, 4) is 0 Å². The fourth-order valence-corrected chi connectivity index (χ4v) is 2.06. The molecule has 2 unspecified atom stereocenters. The molecule has 16 heavy (non-hydrogen) atoms. The third-order valence-corrected chi connectivity index (χ3v) is 3.28. The lowest BCUT2D eigenvalue weighted by Crippen LogP contribution is -2.49. The number of hydrogen-bond acceptors (Lipinski definition) is 3. The smallest absolute Gasteiger partial charge is 0.227 e. The van der Waals surface area contributed by atoms with Crippen LogP contribution in [0.1, 0.15) is 27.2 Å². The summed E-state index contributed by atoms with van der Waals surface area (Å²) in [5.74, 6) is 0.454. The molecule has 94 valence electrons. The van der Waals surface area contributed by atoms with Crippen LogP contribution in [-0.4, -0.2) is 43.2 Å². The Morgan fingerprint density at radius 1 is 1.56 bits per heavy atom. The second kappa shape index (κ2) is 6.21. The number of ether oxygens (including phenoxy) is 1. The van der Waals surface area contributed by atoms with Gasteiger partial charge in [0.2, 0.25) is 5.91 Å². The van der Waals surface area contributed by atoms with Crippen molar-refractivity contribution >= 4 is 5.91 Å². The van der Waals surface area contributed by atoms with Crippen molar-refractivity contribution < 1.29 is 9.53 Å². The molecule has 1 heterocycles. The molecule has 0 spiro atoms. The summed E-state index contributed by atoms with van der Waals surface area (Å²) in [6.45, 7) is 8.70. The van der Waals surface area contributed by atoms with Crippen LogP contribution in [0.5, 0.6) is 0 Å². The molecule has 0 bridgehead atoms. The zero-order valence-corrected chi connectivity index (χ0v) is 10.6. The molecular formula is C12H24N2O2. The summed E-state index contributed by atoms with van der Waals surface area (Å²) >= 11 is 0. The van der Waals surface area contributed by atoms with Gasteiger partial charge in [-0.15, -0.1) is 0 Å². The van der Waals surface area contributed by atoms with Crippen LogP contribution in [0, 0.1) is 11.8 Å². The van der Waals surface area contributed by atoms with E-state index >= 15 is 0 Å². The number of morpholine rings is 1. The first kappa shape index (κ1) is 13.5. The number of nitrogens with zero attached hydrogens (tertiary/aromatic N) is 1. The van der Waals surface area contributed by atoms with Gasteiger partial charge in [-0.05, 0) is 12.3 Å². The first-order valence-corrected chi connectivity index (χ1v) is 6.20. The van der Waals surface area contributed by atoms with Gasteiger partial charge in [0.15, 0.2) is 0 Å². The fourth-order valence-electron chi connectivity index (χ4n) is 2.06. The normalized spacial score (nSPS) is 23.6. The lowest BCUT2D eigenvalue weighted by atomic mass is 9.94. The van der Waals surface area contributed by atoms with E-state index < -0.39 is 0 Å². The maximum absolute atomic E-state index is 12.2. The van der Waals surface area contributed by atoms with Crippen molar-refractivity contribution in [2.24, 2.45) is 17.6 Å². The molecule has 1 amide bonds. The highest BCUT2D eigenvalue weighted by Gasteiger charge is 2.29. The number of amides is 1. The maximum Gasteiger partial charge on any atom is 0.227 e. The Balaban J connectivity index is 2.58. The van der Waals surface area contributed by atoms with E-state index in [1.807, 2.05) is 18.7 Å². The summed E-state index contributed by atoms with van der Waals surface area (Å²) in [5, 5.41) is 0. The predicted octanol–water partition coefficient (Wildman–Crippen LogP) is 0.855. The van der Waals surface area contributed by atoms with E-state index in [0.29, 0.717) is 25.6 Å². The molecule has 1 saturated heterocycles. The standard InChI is InChI=1S/C12H24N2O2/c1-4-10-8-14(5-6-16-10)12(15)11(7-13)9(2)3/h9-11H,4-8,13H2,1-3H3. The summed E-state index contributed by atoms with van der Waals surface area (Å²) in [5.41, 5.74) is 5.67. The number of carbonyl (C=O) groups is 1. The summed E-state index contributed by atoms with van der Waals surface area (Å²) in [6.07, 6.45) is 1.15. The second-order valence-corrected chi connectivity index (χ2v) is 4.77. The van der Waals surface area contributed by atoms with E-state index in [-0.39, 0.29) is 17.9 Å². The van der Waals surface area contributed by atoms with Crippen LogP contribution in [0.25, 0.3) is 0 Å². The van der Waals surface area contributed by atoms with Crippen LogP contribution in [0.4, 0.5) is 0 Å². The predicted molar refractivity (Wildman–Crippen MR) is 64.0 cm³/mol. The van der Waals surface area contributed by atoms with Crippen LogP contribution < -0.4 is 5.73 Å². The Labute approximate surface area is 98.1 Å². The third-order valence-electron chi connectivity index (χ3n) is 3.28. The Kier molecular flexibility index (Phi) is 5.22. The van der Waals surface area contributed by atoms with E-state index in [4.69, 9.17) is 10.5 Å². The summed E-state index contributed by atoms with van der Waals surface area (Å²) in [6, 6.07) is 0. The summed E-state index contributed by atoms with van der Waals surface area (Å²) in [7, 11) is 0. The van der Waals surface area contributed by atoms with Crippen molar-refractivity contribution in [1.29, 1.82) is 0 Å². The Morgan fingerprint density at radius 3 is 2.75 bits per heavy atom. The zero-order valence-electron chi connectivity index (χ0n) is 10.6. The minimum absolute atomic E-state index is 0.0457. The molecule has 1 aliphatic rings. The van der Waals surface area contributed by atoms with Crippen LogP contribution >= 0.6 is 0 Å². The molecule has 0 aromatic heterocycles. The topological polar surface area (TPSA) is 55.6 Å². The van der Waals surface area contributed by atoms with Gasteiger partial charge in [-0.25, -0.2) is 0 Å². The van der Waals surface area contributed by atoms with Gasteiger partial charge in [0.05, 0.1) is 18.6 Å². The Hall–Kier alpha value is -0.610. The lowest BCUT2D eigenvalue weighted by Gasteiger charge is -2.35. The van der Waals surface area contributed by atoms with E-state index in [2.05, 4.69) is 6.92 Å². The molecule has 0 aromatic rings. The molecular weight excluding hydrogens is 204 g/mol. The van der Waals surface area contributed by atoms with Crippen LogP contribution in [-0.2, 0) is 9.53 Å². The fraction of sp³-hybridized carbons (Fsp3) is 0.917. The van der Waals surface area contributed by atoms with Crippen LogP contribution in [0.3, 0.4) is 0 Å². The van der Waals surface area contributed by atoms with E-state index in [0.717, 1.165) is 13.0 Å². The highest BCUT2D eigenvalue weighted by atomic mass is 16.5. The first-order valence-electron chi connectivity index (χ1n) is 6.20. The van der Waals surface area contributed by atoms with E-state index in [1.165, 1.54) is 0 Å². The average Bonchev–Trinajstić information content (AvgIpc) is 2.29. The molecule has 1 rings (SSSR count). The molecule has 1 aliphatic heterocycles. The molecule has 4 heteroatoms. The van der Waals surface area contributed by atoms with Crippen LogP contribution in [0.2, 0.25) is 0 Å². The van der Waals surface area contributed by atoms with Gasteiger partial charge in [-0.1, -0.05) is 20.8 Å². The Morgan fingerprint density at radius 2 is 2.25 bits per heavy atom. The van der Waals surface area contributed by atoms with Gasteiger partial charge in [-0.2, -0.15) is 0 Å². The zero-order chi connectivity index (χ0) is 12.1. The third kappa shape index (κ3) is 3.19. The molecule has 0 aliphatic carbocycles. The van der Waals surface area contributed by atoms with E-state index in [1.54, 1.807) is 0 Å². The van der Waals surface area contributed by atoms with Crippen molar-refractivity contribution in [3.63, 3.8) is 0 Å². The monoisotopic (exact) mass is 228 g/mol. The molecule has 2 N–H and O–H groups in total. The number of rotatable bonds is 4. The van der Waals surface area contributed by atoms with Crippen molar-refractivity contribution in [3.05, 3.63) is 0 Å². The average molecular weight is 228 g/mol. The molecule has 2 atom stereocenters. The largest absolute Gasteiger partial charge is 0.375 e. The minimum Gasteiger partial charge on any atom is -0.375 e. The second-order valence-electron chi connectivity index (χ2n) is 4.77. The highest BCUT2D eigenvalue weighted by molar-refractivity contribution is 5.79. The number of nitrogens with two attached hydrogens (primary N) is 1. The summed E-state index contributed by atoms with van der Waals surface area (Å²) < 4.78 is 5.56. The molecule has 0 aromatic carbocycles. The van der Waals surface area contributed by atoms with Crippen LogP contribution in [0.15, 0.2) is 0 Å². The number of hydrogen-bond donors (Lipinski definition) is 1. The van der Waals surface area contributed by atoms with Gasteiger partial charge in [-0.3, -0.25) is 4.79 Å². The highest BCUT2D eigenvalue weighted by Crippen LogP contribution is 2.16. The van der Waals surface area contributed by atoms with Crippen molar-refractivity contribution in [2.75, 3.05) is 26.2 Å². The molecule has 0 radical (unpaired) electrons. The minimum atomic E-state index is -0.0457. The summed E-state index contributed by atoms with van der Waals surface area (Å²) in [4.78, 5) is 14.1. The number of carbonyl (C=O) groups excluding carboxylic acids is 1. The van der Waals surface area contributed by atoms with Crippen molar-refractivity contribution in [2.45, 2.75) is 33.3 Å². The molecule has 1 fully saturated rings. The maximum atomic E-state index is 12.2. The quantitative estimate of drug-likeness (QED) is 0.776. The first-order chi connectivity index (χ1) is 7.60. The van der Waals surface area contributed by atoms with Gasteiger partial charge in [0.25, 0.3) is 0 Å². The lowest BCUT2D eigenvalue weighted by molar-refractivity contribution is -0.144. The SMILES string of the molecule is CCC1CN(C(=O)C(CN)C(C)C)CCO1.